The first-order valence-electron chi connectivity index (χ1n) is 14.5. The van der Waals surface area contributed by atoms with Gasteiger partial charge in [0.1, 0.15) is 12.6 Å². The maximum Gasteiger partial charge on any atom is 0.416 e. The monoisotopic (exact) mass is 715 g/mol. The van der Waals surface area contributed by atoms with E-state index in [9.17, 15) is 31.2 Å². The smallest absolute Gasteiger partial charge is 0.354 e. The minimum Gasteiger partial charge on any atom is -0.354 e. The SMILES string of the molecule is CCCNC(=O)C(Cc1ccccc1)N(Cc1ccc(Br)cc1)C(=O)CN(c1cccc(C(F)(F)F)c1)S(=O)(=O)c1ccccc1. The molecule has 7 nitrogen and oxygen atoms in total. The summed E-state index contributed by atoms with van der Waals surface area (Å²) in [5, 5.41) is 2.85. The number of nitrogens with one attached hydrogen (secondary N) is 1. The van der Waals surface area contributed by atoms with Crippen molar-refractivity contribution < 1.29 is 31.2 Å². The van der Waals surface area contributed by atoms with E-state index in [0.29, 0.717) is 28.9 Å². The van der Waals surface area contributed by atoms with E-state index in [1.807, 2.05) is 25.1 Å². The number of hydrogen-bond donors (Lipinski definition) is 1. The Bertz CT molecular complexity index is 1720. The molecule has 0 aliphatic heterocycles. The van der Waals surface area contributed by atoms with Crippen LogP contribution >= 0.6 is 15.9 Å². The molecular weight excluding hydrogens is 683 g/mol. The Labute approximate surface area is 275 Å². The van der Waals surface area contributed by atoms with Gasteiger partial charge in [0.2, 0.25) is 11.8 Å². The fourth-order valence-corrected chi connectivity index (χ4v) is 6.48. The van der Waals surface area contributed by atoms with E-state index >= 15 is 0 Å². The number of rotatable bonds is 13. The van der Waals surface area contributed by atoms with Crippen LogP contribution in [0.3, 0.4) is 0 Å². The minimum atomic E-state index is -4.76. The summed E-state index contributed by atoms with van der Waals surface area (Å²) in [6.07, 6.45) is -4.00. The summed E-state index contributed by atoms with van der Waals surface area (Å²) in [6.45, 7) is 1.31. The van der Waals surface area contributed by atoms with E-state index in [0.717, 1.165) is 22.2 Å². The first-order valence-corrected chi connectivity index (χ1v) is 16.7. The van der Waals surface area contributed by atoms with Crippen molar-refractivity contribution in [2.45, 2.75) is 43.4 Å². The highest BCUT2D eigenvalue weighted by atomic mass is 79.9. The highest BCUT2D eigenvalue weighted by Gasteiger charge is 2.36. The second kappa shape index (κ2) is 15.4. The van der Waals surface area contributed by atoms with E-state index in [2.05, 4.69) is 21.2 Å². The van der Waals surface area contributed by atoms with Crippen molar-refractivity contribution in [2.75, 3.05) is 17.4 Å². The highest BCUT2D eigenvalue weighted by Crippen LogP contribution is 2.33. The zero-order valence-corrected chi connectivity index (χ0v) is 27.4. The number of carbonyl (C=O) groups is 2. The van der Waals surface area contributed by atoms with Crippen LogP contribution < -0.4 is 9.62 Å². The van der Waals surface area contributed by atoms with Gasteiger partial charge in [-0.05, 0) is 60.0 Å². The molecule has 1 N–H and O–H groups in total. The molecule has 12 heteroatoms. The van der Waals surface area contributed by atoms with Crippen molar-refractivity contribution in [3.8, 4) is 0 Å². The fraction of sp³-hybridized carbons (Fsp3) is 0.235. The van der Waals surface area contributed by atoms with E-state index in [1.165, 1.54) is 35.2 Å². The molecule has 4 rings (SSSR count). The zero-order valence-electron chi connectivity index (χ0n) is 25.0. The van der Waals surface area contributed by atoms with Crippen LogP contribution in [-0.4, -0.2) is 44.3 Å². The van der Waals surface area contributed by atoms with Gasteiger partial charge in [0.25, 0.3) is 10.0 Å². The minimum absolute atomic E-state index is 0.0645. The van der Waals surface area contributed by atoms with Crippen LogP contribution in [0.2, 0.25) is 0 Å². The molecule has 4 aromatic rings. The average molecular weight is 717 g/mol. The number of sulfonamides is 1. The standard InChI is InChI=1S/C34H33BrF3N3O4S/c1-2-20-39-33(43)31(21-25-10-5-3-6-11-25)40(23-26-16-18-28(35)19-17-26)32(42)24-41(46(44,45)30-14-7-4-8-15-30)29-13-9-12-27(22-29)34(36,37)38/h3-19,22,31H,2,20-21,23-24H2,1H3,(H,39,43). The predicted octanol–water partition coefficient (Wildman–Crippen LogP) is 6.83. The maximum absolute atomic E-state index is 14.4. The van der Waals surface area contributed by atoms with Gasteiger partial charge in [-0.1, -0.05) is 89.6 Å². The number of halogens is 4. The number of carbonyl (C=O) groups excluding carboxylic acids is 2. The van der Waals surface area contributed by atoms with Crippen LogP contribution in [0.25, 0.3) is 0 Å². The summed E-state index contributed by atoms with van der Waals surface area (Å²) in [5.41, 5.74) is 0.0119. The van der Waals surface area contributed by atoms with Crippen LogP contribution in [0.4, 0.5) is 18.9 Å². The average Bonchev–Trinajstić information content (AvgIpc) is 3.05. The second-order valence-corrected chi connectivity index (χ2v) is 13.3. The topological polar surface area (TPSA) is 86.8 Å². The molecule has 4 aromatic carbocycles. The van der Waals surface area contributed by atoms with Gasteiger partial charge < -0.3 is 10.2 Å². The molecule has 0 aromatic heterocycles. The molecule has 0 heterocycles. The third-order valence-corrected chi connectivity index (χ3v) is 9.47. The molecule has 0 aliphatic rings. The van der Waals surface area contributed by atoms with Crippen molar-refractivity contribution in [3.63, 3.8) is 0 Å². The fourth-order valence-electron chi connectivity index (χ4n) is 4.79. The van der Waals surface area contributed by atoms with Gasteiger partial charge in [-0.3, -0.25) is 13.9 Å². The van der Waals surface area contributed by atoms with Gasteiger partial charge in [-0.25, -0.2) is 8.42 Å². The number of hydrogen-bond acceptors (Lipinski definition) is 4. The first-order chi connectivity index (χ1) is 21.9. The maximum atomic E-state index is 14.4. The summed E-state index contributed by atoms with van der Waals surface area (Å²) in [5.74, 6) is -1.21. The van der Waals surface area contributed by atoms with Crippen molar-refractivity contribution in [1.82, 2.24) is 10.2 Å². The number of amides is 2. The lowest BCUT2D eigenvalue weighted by molar-refractivity contribution is -0.140. The molecule has 0 spiro atoms. The normalized spacial score (nSPS) is 12.3. The van der Waals surface area contributed by atoms with Crippen LogP contribution in [0.5, 0.6) is 0 Å². The van der Waals surface area contributed by atoms with Gasteiger partial charge in [0.15, 0.2) is 0 Å². The quantitative estimate of drug-likeness (QED) is 0.165. The lowest BCUT2D eigenvalue weighted by Crippen LogP contribution is -2.53. The summed E-state index contributed by atoms with van der Waals surface area (Å²) < 4.78 is 70.6. The van der Waals surface area contributed by atoms with Gasteiger partial charge in [0.05, 0.1) is 16.1 Å². The summed E-state index contributed by atoms with van der Waals surface area (Å²) in [4.78, 5) is 29.1. The lowest BCUT2D eigenvalue weighted by atomic mass is 10.0. The second-order valence-electron chi connectivity index (χ2n) is 10.5. The Balaban J connectivity index is 1.82. The van der Waals surface area contributed by atoms with Crippen LogP contribution in [0.15, 0.2) is 119 Å². The largest absolute Gasteiger partial charge is 0.416 e. The Kier molecular flexibility index (Phi) is 11.6. The van der Waals surface area contributed by atoms with Crippen molar-refractivity contribution in [3.05, 3.63) is 130 Å². The van der Waals surface area contributed by atoms with Gasteiger partial charge in [0, 0.05) is 24.0 Å². The zero-order chi connectivity index (χ0) is 33.3. The molecule has 0 radical (unpaired) electrons. The van der Waals surface area contributed by atoms with E-state index in [1.54, 1.807) is 42.5 Å². The first kappa shape index (κ1) is 34.7. The molecule has 0 saturated heterocycles. The number of benzene rings is 4. The number of anilines is 1. The Morgan fingerprint density at radius 2 is 1.48 bits per heavy atom. The molecular formula is C34H33BrF3N3O4S. The predicted molar refractivity (Wildman–Crippen MR) is 174 cm³/mol. The molecule has 0 saturated carbocycles. The van der Waals surface area contributed by atoms with Gasteiger partial charge in [-0.2, -0.15) is 13.2 Å². The third-order valence-electron chi connectivity index (χ3n) is 7.16. The van der Waals surface area contributed by atoms with Crippen LogP contribution in [0, 0.1) is 0 Å². The molecule has 0 fully saturated rings. The Hall–Kier alpha value is -4.16. The molecule has 0 bridgehead atoms. The lowest BCUT2D eigenvalue weighted by Gasteiger charge is -2.34. The van der Waals surface area contributed by atoms with Gasteiger partial charge >= 0.3 is 6.18 Å². The summed E-state index contributed by atoms with van der Waals surface area (Å²) in [7, 11) is -4.53. The summed E-state index contributed by atoms with van der Waals surface area (Å²) in [6, 6.07) is 26.1. The van der Waals surface area contributed by atoms with Crippen molar-refractivity contribution >= 4 is 43.5 Å². The summed E-state index contributed by atoms with van der Waals surface area (Å²) >= 11 is 3.39. The molecule has 242 valence electrons. The molecule has 2 amide bonds. The highest BCUT2D eigenvalue weighted by molar-refractivity contribution is 9.10. The molecule has 0 aliphatic carbocycles. The van der Waals surface area contributed by atoms with E-state index in [-0.39, 0.29) is 23.5 Å². The van der Waals surface area contributed by atoms with E-state index in [4.69, 9.17) is 0 Å². The Morgan fingerprint density at radius 3 is 2.09 bits per heavy atom. The number of alkyl halides is 3. The van der Waals surface area contributed by atoms with Crippen LogP contribution in [0.1, 0.15) is 30.0 Å². The van der Waals surface area contributed by atoms with Gasteiger partial charge in [-0.15, -0.1) is 0 Å². The molecule has 1 unspecified atom stereocenters. The third kappa shape index (κ3) is 8.97. The van der Waals surface area contributed by atoms with E-state index < -0.39 is 46.2 Å². The van der Waals surface area contributed by atoms with Crippen molar-refractivity contribution in [2.24, 2.45) is 0 Å². The van der Waals surface area contributed by atoms with Crippen LogP contribution in [-0.2, 0) is 38.8 Å². The number of nitrogens with zero attached hydrogens (tertiary/aromatic N) is 2. The van der Waals surface area contributed by atoms with Crippen molar-refractivity contribution in [1.29, 1.82) is 0 Å². The molecule has 1 atom stereocenters. The molecule has 46 heavy (non-hydrogen) atoms. The Morgan fingerprint density at radius 1 is 0.848 bits per heavy atom.